The Hall–Kier alpha value is -1.79. The topological polar surface area (TPSA) is 111 Å². The van der Waals surface area contributed by atoms with Gasteiger partial charge in [0.25, 0.3) is 5.91 Å². The molecule has 4 saturated carbocycles. The molecule has 0 unspecified atom stereocenters. The molecule has 0 spiro atoms. The van der Waals surface area contributed by atoms with Crippen molar-refractivity contribution in [1.29, 1.82) is 0 Å². The predicted molar refractivity (Wildman–Crippen MR) is 101 cm³/mol. The van der Waals surface area contributed by atoms with Gasteiger partial charge in [-0.05, 0) is 74.5 Å². The summed E-state index contributed by atoms with van der Waals surface area (Å²) in [5, 5.41) is 5.53. The Morgan fingerprint density at radius 3 is 2.15 bits per heavy atom. The zero-order valence-electron chi connectivity index (χ0n) is 16.1. The first-order valence-electron chi connectivity index (χ1n) is 10.4. The lowest BCUT2D eigenvalue weighted by Crippen LogP contribution is -2.51. The Morgan fingerprint density at radius 1 is 0.926 bits per heavy atom. The molecule has 0 aliphatic heterocycles. The average Bonchev–Trinajstić information content (AvgIpc) is 2.60. The van der Waals surface area contributed by atoms with Crippen LogP contribution in [0.2, 0.25) is 0 Å². The molecule has 0 aromatic carbocycles. The van der Waals surface area contributed by atoms with Crippen molar-refractivity contribution >= 4 is 17.9 Å². The average molecular weight is 380 g/mol. The van der Waals surface area contributed by atoms with E-state index in [-0.39, 0.29) is 18.5 Å². The molecule has 4 N–H and O–H groups in total. The fourth-order valence-corrected chi connectivity index (χ4v) is 5.84. The molecule has 7 heteroatoms. The van der Waals surface area contributed by atoms with E-state index < -0.39 is 6.03 Å². The first-order valence-corrected chi connectivity index (χ1v) is 10.4. The second kappa shape index (κ2) is 8.93. The summed E-state index contributed by atoms with van der Waals surface area (Å²) in [6, 6.07) is -0.533. The number of amides is 3. The van der Waals surface area contributed by atoms with Crippen molar-refractivity contribution in [2.75, 3.05) is 19.7 Å². The molecule has 0 radical (unpaired) electrons. The van der Waals surface area contributed by atoms with Crippen LogP contribution in [0.15, 0.2) is 0 Å². The van der Waals surface area contributed by atoms with Gasteiger partial charge in [0.1, 0.15) is 0 Å². The van der Waals surface area contributed by atoms with Gasteiger partial charge in [0, 0.05) is 19.5 Å². The van der Waals surface area contributed by atoms with Crippen LogP contribution in [0.1, 0.15) is 64.2 Å². The second-order valence-corrected chi connectivity index (χ2v) is 8.96. The number of rotatable bonds is 10. The number of esters is 1. The molecule has 4 fully saturated rings. The summed E-state index contributed by atoms with van der Waals surface area (Å²) in [7, 11) is 0. The Kier molecular flexibility index (Phi) is 6.60. The standard InChI is InChI=1S/C20H33N3O4/c21-19(26)22-5-3-1-2-4-18(25)27-12-17(24)23-13-20-9-14-6-15(10-20)8-16(7-14)11-20/h14-16H,1-13H2,(H,23,24)(H3,21,22,26). The zero-order valence-corrected chi connectivity index (χ0v) is 16.1. The van der Waals surface area contributed by atoms with Crippen molar-refractivity contribution in [3.8, 4) is 0 Å². The highest BCUT2D eigenvalue weighted by atomic mass is 16.5. The van der Waals surface area contributed by atoms with Crippen LogP contribution in [0.3, 0.4) is 0 Å². The quantitative estimate of drug-likeness (QED) is 0.399. The molecule has 0 aromatic rings. The van der Waals surface area contributed by atoms with E-state index in [1.165, 1.54) is 38.5 Å². The molecule has 0 saturated heterocycles. The zero-order chi connectivity index (χ0) is 19.3. The Bertz CT molecular complexity index is 528. The molecular weight excluding hydrogens is 346 g/mol. The lowest BCUT2D eigenvalue weighted by atomic mass is 9.49. The third-order valence-corrected chi connectivity index (χ3v) is 6.55. The highest BCUT2D eigenvalue weighted by molar-refractivity contribution is 5.80. The van der Waals surface area contributed by atoms with E-state index in [0.717, 1.165) is 37.1 Å². The minimum Gasteiger partial charge on any atom is -0.456 e. The Balaban J connectivity index is 1.26. The van der Waals surface area contributed by atoms with Crippen LogP contribution in [-0.4, -0.2) is 37.6 Å². The van der Waals surface area contributed by atoms with E-state index in [2.05, 4.69) is 10.6 Å². The van der Waals surface area contributed by atoms with E-state index in [4.69, 9.17) is 10.5 Å². The van der Waals surface area contributed by atoms with E-state index in [1.54, 1.807) is 0 Å². The summed E-state index contributed by atoms with van der Waals surface area (Å²) in [6.45, 7) is 1.06. The third-order valence-electron chi connectivity index (χ3n) is 6.55. The molecule has 0 atom stereocenters. The first-order chi connectivity index (χ1) is 12.9. The molecule has 0 heterocycles. The normalized spacial score (nSPS) is 30.7. The van der Waals surface area contributed by atoms with Crippen molar-refractivity contribution in [1.82, 2.24) is 10.6 Å². The van der Waals surface area contributed by atoms with Crippen LogP contribution in [0.4, 0.5) is 4.79 Å². The minimum absolute atomic E-state index is 0.186. The van der Waals surface area contributed by atoms with E-state index in [9.17, 15) is 14.4 Å². The number of urea groups is 1. The molecule has 3 amide bonds. The molecule has 152 valence electrons. The highest BCUT2D eigenvalue weighted by Crippen LogP contribution is 2.59. The van der Waals surface area contributed by atoms with E-state index in [1.807, 2.05) is 0 Å². The number of nitrogens with one attached hydrogen (secondary N) is 2. The first kappa shape index (κ1) is 20.0. The van der Waals surface area contributed by atoms with Crippen LogP contribution in [0.5, 0.6) is 0 Å². The summed E-state index contributed by atoms with van der Waals surface area (Å²) in [4.78, 5) is 34.3. The summed E-state index contributed by atoms with van der Waals surface area (Å²) >= 11 is 0. The predicted octanol–water partition coefficient (Wildman–Crippen LogP) is 2.09. The molecule has 7 nitrogen and oxygen atoms in total. The molecule has 4 rings (SSSR count). The molecular formula is C20H33N3O4. The highest BCUT2D eigenvalue weighted by Gasteiger charge is 2.50. The Morgan fingerprint density at radius 2 is 1.56 bits per heavy atom. The largest absolute Gasteiger partial charge is 0.456 e. The minimum atomic E-state index is -0.533. The molecule has 27 heavy (non-hydrogen) atoms. The van der Waals surface area contributed by atoms with E-state index >= 15 is 0 Å². The SMILES string of the molecule is NC(=O)NCCCCCC(=O)OCC(=O)NCC12CC3CC(CC(C3)C1)C2. The molecule has 4 aliphatic rings. The lowest BCUT2D eigenvalue weighted by molar-refractivity contribution is -0.149. The van der Waals surface area contributed by atoms with Gasteiger partial charge < -0.3 is 21.1 Å². The lowest BCUT2D eigenvalue weighted by Gasteiger charge is -2.56. The Labute approximate surface area is 161 Å². The van der Waals surface area contributed by atoms with Crippen molar-refractivity contribution in [2.24, 2.45) is 28.9 Å². The number of hydrogen-bond acceptors (Lipinski definition) is 4. The van der Waals surface area contributed by atoms with Gasteiger partial charge in [0.05, 0.1) is 0 Å². The van der Waals surface area contributed by atoms with Gasteiger partial charge in [0.2, 0.25) is 0 Å². The number of primary amides is 1. The molecule has 4 bridgehead atoms. The summed E-state index contributed by atoms with van der Waals surface area (Å²) in [6.07, 6.45) is 10.5. The van der Waals surface area contributed by atoms with Gasteiger partial charge >= 0.3 is 12.0 Å². The number of carbonyl (C=O) groups is 3. The summed E-state index contributed by atoms with van der Waals surface area (Å²) in [5.41, 5.74) is 5.27. The smallest absolute Gasteiger partial charge is 0.312 e. The number of unbranched alkanes of at least 4 members (excludes halogenated alkanes) is 2. The van der Waals surface area contributed by atoms with Gasteiger partial charge in [-0.1, -0.05) is 6.42 Å². The summed E-state index contributed by atoms with van der Waals surface area (Å²) in [5.74, 6) is 2.06. The van der Waals surface area contributed by atoms with Gasteiger partial charge in [-0.25, -0.2) is 4.79 Å². The maximum absolute atomic E-state index is 12.1. The van der Waals surface area contributed by atoms with Gasteiger partial charge in [0.15, 0.2) is 6.61 Å². The fraction of sp³-hybridized carbons (Fsp3) is 0.850. The van der Waals surface area contributed by atoms with Gasteiger partial charge in [-0.2, -0.15) is 0 Å². The number of nitrogens with two attached hydrogens (primary N) is 1. The van der Waals surface area contributed by atoms with Gasteiger partial charge in [-0.3, -0.25) is 9.59 Å². The van der Waals surface area contributed by atoms with Crippen molar-refractivity contribution in [3.05, 3.63) is 0 Å². The second-order valence-electron chi connectivity index (χ2n) is 8.96. The number of hydrogen-bond donors (Lipinski definition) is 3. The van der Waals surface area contributed by atoms with E-state index in [0.29, 0.717) is 24.8 Å². The number of carbonyl (C=O) groups excluding carboxylic acids is 3. The molecule has 4 aliphatic carbocycles. The van der Waals surface area contributed by atoms with Crippen LogP contribution in [0, 0.1) is 23.2 Å². The van der Waals surface area contributed by atoms with Crippen molar-refractivity contribution < 1.29 is 19.1 Å². The summed E-state index contributed by atoms with van der Waals surface area (Å²) < 4.78 is 5.08. The van der Waals surface area contributed by atoms with Crippen molar-refractivity contribution in [2.45, 2.75) is 64.2 Å². The number of ether oxygens (including phenoxy) is 1. The maximum atomic E-state index is 12.1. The van der Waals surface area contributed by atoms with Crippen LogP contribution < -0.4 is 16.4 Å². The monoisotopic (exact) mass is 379 g/mol. The van der Waals surface area contributed by atoms with Crippen LogP contribution in [-0.2, 0) is 14.3 Å². The van der Waals surface area contributed by atoms with Gasteiger partial charge in [-0.15, -0.1) is 0 Å². The maximum Gasteiger partial charge on any atom is 0.312 e. The van der Waals surface area contributed by atoms with Crippen LogP contribution >= 0.6 is 0 Å². The molecule has 0 aromatic heterocycles. The third kappa shape index (κ3) is 5.84. The fourth-order valence-electron chi connectivity index (χ4n) is 5.84. The van der Waals surface area contributed by atoms with Crippen molar-refractivity contribution in [3.63, 3.8) is 0 Å². The van der Waals surface area contributed by atoms with Crippen LogP contribution in [0.25, 0.3) is 0 Å².